The Bertz CT molecular complexity index is 480. The highest BCUT2D eigenvalue weighted by atomic mass is 16.6. The van der Waals surface area contributed by atoms with Crippen LogP contribution in [0.25, 0.3) is 0 Å². The van der Waals surface area contributed by atoms with Gasteiger partial charge in [-0.3, -0.25) is 15.4 Å². The molecule has 0 unspecified atom stereocenters. The highest BCUT2D eigenvalue weighted by Gasteiger charge is 2.17. The van der Waals surface area contributed by atoms with Crippen molar-refractivity contribution in [2.45, 2.75) is 26.4 Å². The standard InChI is InChI=1S/C11H15N3O4/c1-11(2,3)18-10(15)13-9-5-4-7(14(16)17)6-8(9)12/h4-6H,12H2,1-3H3,(H,13,15). The average molecular weight is 253 g/mol. The summed E-state index contributed by atoms with van der Waals surface area (Å²) < 4.78 is 5.03. The van der Waals surface area contributed by atoms with Gasteiger partial charge in [-0.25, -0.2) is 4.79 Å². The Hall–Kier alpha value is -2.31. The van der Waals surface area contributed by atoms with Crippen molar-refractivity contribution < 1.29 is 14.5 Å². The maximum absolute atomic E-state index is 11.5. The topological polar surface area (TPSA) is 107 Å². The van der Waals surface area contributed by atoms with Crippen LogP contribution >= 0.6 is 0 Å². The fourth-order valence-electron chi connectivity index (χ4n) is 1.19. The smallest absolute Gasteiger partial charge is 0.412 e. The van der Waals surface area contributed by atoms with E-state index in [0.29, 0.717) is 0 Å². The lowest BCUT2D eigenvalue weighted by molar-refractivity contribution is -0.384. The molecule has 0 aliphatic rings. The van der Waals surface area contributed by atoms with Crippen LogP contribution in [0.5, 0.6) is 0 Å². The molecule has 1 amide bonds. The number of amides is 1. The summed E-state index contributed by atoms with van der Waals surface area (Å²) in [5.41, 5.74) is 5.21. The number of ether oxygens (including phenoxy) is 1. The van der Waals surface area contributed by atoms with Crippen molar-refractivity contribution >= 4 is 23.2 Å². The van der Waals surface area contributed by atoms with Crippen molar-refractivity contribution in [1.29, 1.82) is 0 Å². The monoisotopic (exact) mass is 253 g/mol. The van der Waals surface area contributed by atoms with Crippen molar-refractivity contribution in [3.8, 4) is 0 Å². The SMILES string of the molecule is CC(C)(C)OC(=O)Nc1ccc([N+](=O)[O-])cc1N. The molecule has 0 aromatic heterocycles. The zero-order chi connectivity index (χ0) is 13.9. The van der Waals surface area contributed by atoms with Gasteiger partial charge < -0.3 is 10.5 Å². The van der Waals surface area contributed by atoms with Gasteiger partial charge >= 0.3 is 6.09 Å². The number of nitrogens with one attached hydrogen (secondary N) is 1. The number of nitrogen functional groups attached to an aromatic ring is 1. The number of hydrogen-bond acceptors (Lipinski definition) is 5. The van der Waals surface area contributed by atoms with E-state index in [1.54, 1.807) is 20.8 Å². The number of rotatable bonds is 2. The third kappa shape index (κ3) is 3.93. The number of carbonyl (C=O) groups is 1. The molecule has 0 saturated heterocycles. The summed E-state index contributed by atoms with van der Waals surface area (Å²) >= 11 is 0. The van der Waals surface area contributed by atoms with Crippen molar-refractivity contribution in [1.82, 2.24) is 0 Å². The zero-order valence-corrected chi connectivity index (χ0v) is 10.4. The van der Waals surface area contributed by atoms with Gasteiger partial charge in [0, 0.05) is 12.1 Å². The van der Waals surface area contributed by atoms with Gasteiger partial charge in [0.15, 0.2) is 0 Å². The normalized spacial score (nSPS) is 10.8. The van der Waals surface area contributed by atoms with Crippen LogP contribution in [0, 0.1) is 10.1 Å². The molecule has 0 fully saturated rings. The summed E-state index contributed by atoms with van der Waals surface area (Å²) in [6.45, 7) is 5.18. The van der Waals surface area contributed by atoms with Crippen LogP contribution in [0.2, 0.25) is 0 Å². The van der Waals surface area contributed by atoms with Crippen molar-refractivity contribution in [3.63, 3.8) is 0 Å². The van der Waals surface area contributed by atoms with E-state index in [0.717, 1.165) is 0 Å². The molecule has 0 radical (unpaired) electrons. The molecule has 0 aliphatic heterocycles. The maximum atomic E-state index is 11.5. The van der Waals surface area contributed by atoms with Gasteiger partial charge in [-0.2, -0.15) is 0 Å². The first-order chi connectivity index (χ1) is 8.19. The molecule has 1 aromatic rings. The van der Waals surface area contributed by atoms with E-state index < -0.39 is 16.6 Å². The number of nitrogens with two attached hydrogens (primary N) is 1. The van der Waals surface area contributed by atoms with Crippen LogP contribution in [0.3, 0.4) is 0 Å². The molecule has 98 valence electrons. The fourth-order valence-corrected chi connectivity index (χ4v) is 1.19. The third-order valence-corrected chi connectivity index (χ3v) is 1.88. The Labute approximate surface area is 104 Å². The molecule has 0 aliphatic carbocycles. The van der Waals surface area contributed by atoms with E-state index in [9.17, 15) is 14.9 Å². The number of non-ortho nitro benzene ring substituents is 1. The Morgan fingerprint density at radius 2 is 2.06 bits per heavy atom. The van der Waals surface area contributed by atoms with Gasteiger partial charge in [-0.15, -0.1) is 0 Å². The third-order valence-electron chi connectivity index (χ3n) is 1.88. The Morgan fingerprint density at radius 3 is 2.50 bits per heavy atom. The van der Waals surface area contributed by atoms with Crippen molar-refractivity contribution in [2.24, 2.45) is 0 Å². The lowest BCUT2D eigenvalue weighted by Crippen LogP contribution is -2.27. The fraction of sp³-hybridized carbons (Fsp3) is 0.364. The minimum atomic E-state index is -0.664. The van der Waals surface area contributed by atoms with Gasteiger partial charge in [-0.1, -0.05) is 0 Å². The molecule has 0 atom stereocenters. The molecule has 7 nitrogen and oxygen atoms in total. The molecule has 0 spiro atoms. The minimum Gasteiger partial charge on any atom is -0.444 e. The Balaban J connectivity index is 2.80. The highest BCUT2D eigenvalue weighted by Crippen LogP contribution is 2.24. The van der Waals surface area contributed by atoms with E-state index in [4.69, 9.17) is 10.5 Å². The van der Waals surface area contributed by atoms with Crippen molar-refractivity contribution in [2.75, 3.05) is 11.1 Å². The van der Waals surface area contributed by atoms with Gasteiger partial charge in [-0.05, 0) is 26.8 Å². The molecule has 3 N–H and O–H groups in total. The second-order valence-electron chi connectivity index (χ2n) is 4.66. The Kier molecular flexibility index (Phi) is 3.75. The number of hydrogen-bond donors (Lipinski definition) is 2. The van der Waals surface area contributed by atoms with Crippen LogP contribution < -0.4 is 11.1 Å². The lowest BCUT2D eigenvalue weighted by Gasteiger charge is -2.20. The van der Waals surface area contributed by atoms with E-state index in [-0.39, 0.29) is 17.1 Å². The van der Waals surface area contributed by atoms with E-state index >= 15 is 0 Å². The second kappa shape index (κ2) is 4.91. The number of nitrogens with zero attached hydrogens (tertiary/aromatic N) is 1. The largest absolute Gasteiger partial charge is 0.444 e. The number of nitro benzene ring substituents is 1. The van der Waals surface area contributed by atoms with E-state index in [1.165, 1.54) is 18.2 Å². The average Bonchev–Trinajstić information content (AvgIpc) is 2.17. The zero-order valence-electron chi connectivity index (χ0n) is 10.4. The van der Waals surface area contributed by atoms with Gasteiger partial charge in [0.2, 0.25) is 0 Å². The van der Waals surface area contributed by atoms with Crippen molar-refractivity contribution in [3.05, 3.63) is 28.3 Å². The summed E-state index contributed by atoms with van der Waals surface area (Å²) in [6.07, 6.45) is -0.664. The first kappa shape index (κ1) is 13.8. The van der Waals surface area contributed by atoms with Crippen LogP contribution in [-0.4, -0.2) is 16.6 Å². The molecule has 1 rings (SSSR count). The second-order valence-corrected chi connectivity index (χ2v) is 4.66. The summed E-state index contributed by atoms with van der Waals surface area (Å²) in [5, 5.41) is 12.9. The summed E-state index contributed by atoms with van der Waals surface area (Å²) in [5.74, 6) is 0. The van der Waals surface area contributed by atoms with E-state index in [1.807, 2.05) is 0 Å². The first-order valence-corrected chi connectivity index (χ1v) is 5.23. The van der Waals surface area contributed by atoms with Crippen LogP contribution in [-0.2, 0) is 4.74 Å². The van der Waals surface area contributed by atoms with Gasteiger partial charge in [0.1, 0.15) is 5.60 Å². The molecule has 0 saturated carbocycles. The number of carbonyl (C=O) groups excluding carboxylic acids is 1. The predicted molar refractivity (Wildman–Crippen MR) is 67.4 cm³/mol. The maximum Gasteiger partial charge on any atom is 0.412 e. The number of anilines is 2. The minimum absolute atomic E-state index is 0.107. The summed E-state index contributed by atoms with van der Waals surface area (Å²) in [4.78, 5) is 21.4. The van der Waals surface area contributed by atoms with E-state index in [2.05, 4.69) is 5.32 Å². The predicted octanol–water partition coefficient (Wildman–Crippen LogP) is 2.52. The molecular weight excluding hydrogens is 238 g/mol. The summed E-state index contributed by atoms with van der Waals surface area (Å²) in [6, 6.07) is 3.78. The van der Waals surface area contributed by atoms with Crippen LogP contribution in [0.1, 0.15) is 20.8 Å². The highest BCUT2D eigenvalue weighted by molar-refractivity contribution is 5.89. The quantitative estimate of drug-likeness (QED) is 0.478. The lowest BCUT2D eigenvalue weighted by atomic mass is 10.2. The van der Waals surface area contributed by atoms with Gasteiger partial charge in [0.05, 0.1) is 16.3 Å². The molecule has 18 heavy (non-hydrogen) atoms. The molecule has 0 bridgehead atoms. The van der Waals surface area contributed by atoms with Crippen LogP contribution in [0.4, 0.5) is 21.9 Å². The molecule has 0 heterocycles. The molecule has 1 aromatic carbocycles. The Morgan fingerprint density at radius 1 is 1.44 bits per heavy atom. The summed E-state index contributed by atoms with van der Waals surface area (Å²) in [7, 11) is 0. The van der Waals surface area contributed by atoms with Crippen LogP contribution in [0.15, 0.2) is 18.2 Å². The number of benzene rings is 1. The van der Waals surface area contributed by atoms with Gasteiger partial charge in [0.25, 0.3) is 5.69 Å². The molecule has 7 heteroatoms. The number of nitro groups is 1. The molecular formula is C11H15N3O4. The first-order valence-electron chi connectivity index (χ1n) is 5.23.